The second-order valence-electron chi connectivity index (χ2n) is 0.448. The van der Waals surface area contributed by atoms with E-state index in [-0.39, 0.29) is 126 Å². The maximum atomic E-state index is 8.74. The third-order valence-electron chi connectivity index (χ3n) is 0. The van der Waals surface area contributed by atoms with Crippen molar-refractivity contribution in [3.63, 3.8) is 0 Å². The van der Waals surface area contributed by atoms with Crippen LogP contribution in [0.15, 0.2) is 0 Å². The third-order valence-corrected chi connectivity index (χ3v) is 0. The Balaban J connectivity index is -0.0000000133. The molecule has 0 unspecified atom stereocenters. The van der Waals surface area contributed by atoms with E-state index in [1.165, 1.54) is 0 Å². The van der Waals surface area contributed by atoms with Crippen LogP contribution in [-0.4, -0.2) is 131 Å². The first-order chi connectivity index (χ1) is 2.00. The van der Waals surface area contributed by atoms with Crippen LogP contribution in [0.2, 0.25) is 0 Å². The Morgan fingerprint density at radius 1 is 0.889 bits per heavy atom. The molecule has 0 aliphatic rings. The molecular weight excluding hydrogens is 252 g/mol. The zero-order valence-electron chi connectivity index (χ0n) is 2.53. The molecule has 0 radical (unpaired) electrons. The number of hydrogen-bond donors (Lipinski definition) is 2. The van der Waals surface area contributed by atoms with Gasteiger partial charge in [0.15, 0.2) is 0 Å². The van der Waals surface area contributed by atoms with Crippen molar-refractivity contribution in [3.05, 3.63) is 0 Å². The molecule has 52 valence electrons. The van der Waals surface area contributed by atoms with E-state index in [4.69, 9.17) is 17.5 Å². The van der Waals surface area contributed by atoms with Crippen molar-refractivity contribution in [3.8, 4) is 0 Å². The van der Waals surface area contributed by atoms with Crippen LogP contribution >= 0.6 is 12.4 Å². The van der Waals surface area contributed by atoms with Gasteiger partial charge in [-0.05, 0) is 0 Å². The van der Waals surface area contributed by atoms with Crippen molar-refractivity contribution in [1.29, 1.82) is 0 Å². The van der Waals surface area contributed by atoms with E-state index in [0.717, 1.165) is 0 Å². The van der Waals surface area contributed by atoms with E-state index in [9.17, 15) is 0 Å². The third kappa shape index (κ3) is 76.0. The summed E-state index contributed by atoms with van der Waals surface area (Å²) in [5.74, 6) is 0. The summed E-state index contributed by atoms with van der Waals surface area (Å²) in [7, 11) is -4.67. The van der Waals surface area contributed by atoms with Crippen LogP contribution in [-0.2, 0) is 10.4 Å². The minimum atomic E-state index is -4.67. The molecule has 0 atom stereocenters. The van der Waals surface area contributed by atoms with Crippen molar-refractivity contribution in [1.82, 2.24) is 0 Å². The zero-order valence-corrected chi connectivity index (χ0v) is 4.16. The van der Waals surface area contributed by atoms with Crippen LogP contribution in [0.4, 0.5) is 0 Å². The van der Waals surface area contributed by atoms with E-state index in [0.29, 0.717) is 0 Å². The van der Waals surface area contributed by atoms with E-state index in [2.05, 4.69) is 0 Å². The van der Waals surface area contributed by atoms with Crippen LogP contribution in [0.3, 0.4) is 0 Å². The molecule has 0 spiro atoms. The number of halogens is 1. The van der Waals surface area contributed by atoms with Gasteiger partial charge in [0.1, 0.15) is 0 Å². The standard InChI is InChI=1S/3Ca.ClH.H2O4S.6H/c;;;;1-5(2,3)4;;;;;;/h;;;1H;(H2,1,2,3,4);;;;;;. The Morgan fingerprint density at radius 3 is 0.889 bits per heavy atom. The van der Waals surface area contributed by atoms with E-state index < -0.39 is 10.4 Å². The van der Waals surface area contributed by atoms with Crippen LogP contribution in [0.5, 0.6) is 0 Å². The maximum absolute atomic E-state index is 8.74. The monoisotopic (exact) mass is 260 g/mol. The molecule has 0 bridgehead atoms. The van der Waals surface area contributed by atoms with Gasteiger partial charge in [-0.15, -0.1) is 12.4 Å². The van der Waals surface area contributed by atoms with Gasteiger partial charge in [0.2, 0.25) is 0 Å². The molecule has 0 aromatic heterocycles. The van der Waals surface area contributed by atoms with Crippen LogP contribution in [0, 0.1) is 0 Å². The summed E-state index contributed by atoms with van der Waals surface area (Å²) >= 11 is 0. The summed E-state index contributed by atoms with van der Waals surface area (Å²) in [6, 6.07) is 0. The van der Waals surface area contributed by atoms with Gasteiger partial charge < -0.3 is 0 Å². The van der Waals surface area contributed by atoms with Crippen molar-refractivity contribution in [2.75, 3.05) is 0 Å². The molecule has 4 nitrogen and oxygen atoms in total. The number of rotatable bonds is 0. The Kier molecular flexibility index (Phi) is 47.0. The molecule has 9 heteroatoms. The van der Waals surface area contributed by atoms with Crippen LogP contribution in [0.1, 0.15) is 0 Å². The molecule has 0 fully saturated rings. The summed E-state index contributed by atoms with van der Waals surface area (Å²) in [4.78, 5) is 0. The van der Waals surface area contributed by atoms with Crippen LogP contribution in [0.25, 0.3) is 0 Å². The molecule has 0 saturated heterocycles. The van der Waals surface area contributed by atoms with Crippen molar-refractivity contribution < 1.29 is 17.5 Å². The molecule has 0 saturated carbocycles. The van der Waals surface area contributed by atoms with Gasteiger partial charge in [0.05, 0.1) is 0 Å². The fourth-order valence-corrected chi connectivity index (χ4v) is 0. The summed E-state index contributed by atoms with van der Waals surface area (Å²) in [6.07, 6.45) is 0. The Labute approximate surface area is 150 Å². The molecule has 0 amide bonds. The molecular formula is H9Ca3ClO4S. The van der Waals surface area contributed by atoms with Crippen molar-refractivity contribution in [2.45, 2.75) is 0 Å². The van der Waals surface area contributed by atoms with Gasteiger partial charge in [0, 0.05) is 0 Å². The minimum absolute atomic E-state index is 0. The SMILES string of the molecule is Cl.O=S(=O)(O)O.[CaH2].[CaH2].[CaH2]. The normalized spacial score (nSPS) is 6.44. The summed E-state index contributed by atoms with van der Waals surface area (Å²) < 4.78 is 31.6. The second kappa shape index (κ2) is 14.5. The first kappa shape index (κ1) is 29.3. The van der Waals surface area contributed by atoms with Gasteiger partial charge in [-0.25, -0.2) is 0 Å². The zero-order chi connectivity index (χ0) is 4.50. The van der Waals surface area contributed by atoms with Gasteiger partial charge >= 0.3 is 124 Å². The van der Waals surface area contributed by atoms with Gasteiger partial charge in [-0.2, -0.15) is 8.42 Å². The summed E-state index contributed by atoms with van der Waals surface area (Å²) in [6.45, 7) is 0. The van der Waals surface area contributed by atoms with Crippen molar-refractivity contribution in [2.24, 2.45) is 0 Å². The van der Waals surface area contributed by atoms with Gasteiger partial charge in [-0.1, -0.05) is 0 Å². The van der Waals surface area contributed by atoms with E-state index in [1.54, 1.807) is 0 Å². The second-order valence-corrected chi connectivity index (χ2v) is 1.34. The van der Waals surface area contributed by atoms with Gasteiger partial charge in [0.25, 0.3) is 0 Å². The molecule has 0 aliphatic heterocycles. The topological polar surface area (TPSA) is 74.6 Å². The molecule has 0 heterocycles. The van der Waals surface area contributed by atoms with E-state index in [1.807, 2.05) is 0 Å². The van der Waals surface area contributed by atoms with Gasteiger partial charge in [-0.3, -0.25) is 9.11 Å². The fraction of sp³-hybridized carbons (Fsp3) is 0. The Bertz CT molecular complexity index is 99.0. The average molecular weight is 261 g/mol. The number of hydrogen-bond acceptors (Lipinski definition) is 2. The predicted octanol–water partition coefficient (Wildman–Crippen LogP) is -2.98. The predicted molar refractivity (Wildman–Crippen MR) is 47.1 cm³/mol. The first-order valence-corrected chi connectivity index (χ1v) is 2.10. The quantitative estimate of drug-likeness (QED) is 0.360. The molecule has 0 rings (SSSR count). The molecule has 0 aliphatic carbocycles. The fourth-order valence-electron chi connectivity index (χ4n) is 0. The first-order valence-electron chi connectivity index (χ1n) is 0.698. The van der Waals surface area contributed by atoms with Crippen LogP contribution < -0.4 is 0 Å². The molecule has 2 N–H and O–H groups in total. The molecule has 0 aromatic carbocycles. The summed E-state index contributed by atoms with van der Waals surface area (Å²) in [5, 5.41) is 0. The Hall–Kier alpha value is 3.94. The van der Waals surface area contributed by atoms with Crippen molar-refractivity contribution >= 4 is 136 Å². The van der Waals surface area contributed by atoms with E-state index >= 15 is 0 Å². The summed E-state index contributed by atoms with van der Waals surface area (Å²) in [5.41, 5.74) is 0. The molecule has 9 heavy (non-hydrogen) atoms. The Morgan fingerprint density at radius 2 is 0.889 bits per heavy atom. The average Bonchev–Trinajstić information content (AvgIpc) is 0.722. The molecule has 0 aromatic rings.